The summed E-state index contributed by atoms with van der Waals surface area (Å²) in [6.45, 7) is 7.72. The van der Waals surface area contributed by atoms with Crippen LogP contribution in [0.5, 0.6) is 0 Å². The Balaban J connectivity index is 2.86. The molecule has 0 amide bonds. The second-order valence-corrected chi connectivity index (χ2v) is 5.33. The lowest BCUT2D eigenvalue weighted by atomic mass is 9.86. The maximum atomic E-state index is 11.8. The zero-order chi connectivity index (χ0) is 15.0. The molecular formula is C16H25NO3. The molecule has 0 aliphatic heterocycles. The van der Waals surface area contributed by atoms with Crippen molar-refractivity contribution in [2.24, 2.45) is 5.92 Å². The summed E-state index contributed by atoms with van der Waals surface area (Å²) in [5.74, 6) is -0.413. The van der Waals surface area contributed by atoms with Gasteiger partial charge in [-0.05, 0) is 18.0 Å². The Labute approximate surface area is 121 Å². The van der Waals surface area contributed by atoms with Gasteiger partial charge in [0.05, 0.1) is 0 Å². The molecule has 1 unspecified atom stereocenters. The van der Waals surface area contributed by atoms with Crippen molar-refractivity contribution in [2.75, 3.05) is 19.8 Å². The van der Waals surface area contributed by atoms with Crippen LogP contribution >= 0.6 is 0 Å². The number of carboxylic acids is 1. The first kappa shape index (κ1) is 16.7. The number of hydrogen-bond acceptors (Lipinski definition) is 3. The van der Waals surface area contributed by atoms with Crippen LogP contribution in [0.15, 0.2) is 30.3 Å². The Kier molecular flexibility index (Phi) is 6.68. The van der Waals surface area contributed by atoms with Crippen molar-refractivity contribution in [1.29, 1.82) is 0 Å². The average molecular weight is 279 g/mol. The van der Waals surface area contributed by atoms with Gasteiger partial charge in [0.15, 0.2) is 0 Å². The lowest BCUT2D eigenvalue weighted by Crippen LogP contribution is -2.50. The van der Waals surface area contributed by atoms with E-state index >= 15 is 0 Å². The van der Waals surface area contributed by atoms with E-state index in [0.29, 0.717) is 32.1 Å². The first-order valence-corrected chi connectivity index (χ1v) is 7.14. The van der Waals surface area contributed by atoms with Crippen molar-refractivity contribution < 1.29 is 14.6 Å². The molecule has 0 heterocycles. The van der Waals surface area contributed by atoms with Gasteiger partial charge in [0.25, 0.3) is 0 Å². The van der Waals surface area contributed by atoms with Crippen LogP contribution in [0.25, 0.3) is 0 Å². The number of benzene rings is 1. The highest BCUT2D eigenvalue weighted by molar-refractivity contribution is 5.80. The van der Waals surface area contributed by atoms with Gasteiger partial charge < -0.3 is 9.84 Å². The topological polar surface area (TPSA) is 58.6 Å². The predicted octanol–water partition coefficient (Wildman–Crippen LogP) is 2.64. The lowest BCUT2D eigenvalue weighted by Gasteiger charge is -2.31. The minimum atomic E-state index is -1.08. The molecule has 0 saturated carbocycles. The van der Waals surface area contributed by atoms with E-state index in [-0.39, 0.29) is 0 Å². The third-order valence-corrected chi connectivity index (χ3v) is 3.18. The highest BCUT2D eigenvalue weighted by Crippen LogP contribution is 2.25. The number of carbonyl (C=O) groups is 1. The largest absolute Gasteiger partial charge is 0.480 e. The second-order valence-electron chi connectivity index (χ2n) is 5.33. The summed E-state index contributed by atoms with van der Waals surface area (Å²) >= 11 is 0. The van der Waals surface area contributed by atoms with Gasteiger partial charge in [0.1, 0.15) is 5.54 Å². The fourth-order valence-electron chi connectivity index (χ4n) is 2.21. The van der Waals surface area contributed by atoms with Gasteiger partial charge in [-0.25, -0.2) is 4.79 Å². The van der Waals surface area contributed by atoms with Crippen LogP contribution in [0.1, 0.15) is 32.8 Å². The molecule has 1 aromatic carbocycles. The molecule has 0 aliphatic carbocycles. The van der Waals surface area contributed by atoms with Crippen molar-refractivity contribution in [3.05, 3.63) is 35.9 Å². The van der Waals surface area contributed by atoms with Crippen LogP contribution in [0.4, 0.5) is 0 Å². The smallest absolute Gasteiger partial charge is 0.328 e. The number of carboxylic acid groups (broad SMARTS) is 1. The Morgan fingerprint density at radius 1 is 1.35 bits per heavy atom. The maximum absolute atomic E-state index is 11.8. The van der Waals surface area contributed by atoms with Gasteiger partial charge in [0, 0.05) is 19.6 Å². The summed E-state index contributed by atoms with van der Waals surface area (Å²) in [6, 6.07) is 9.30. The molecular weight excluding hydrogens is 254 g/mol. The van der Waals surface area contributed by atoms with Gasteiger partial charge in [-0.1, -0.05) is 51.1 Å². The Hall–Kier alpha value is -1.39. The molecule has 0 aliphatic rings. The van der Waals surface area contributed by atoms with Gasteiger partial charge in [-0.3, -0.25) is 5.32 Å². The fourth-order valence-corrected chi connectivity index (χ4v) is 2.21. The van der Waals surface area contributed by atoms with E-state index in [9.17, 15) is 9.90 Å². The molecule has 0 bridgehead atoms. The molecule has 1 rings (SSSR count). The van der Waals surface area contributed by atoms with E-state index in [0.717, 1.165) is 5.56 Å². The third-order valence-electron chi connectivity index (χ3n) is 3.18. The molecule has 0 fully saturated rings. The first-order valence-electron chi connectivity index (χ1n) is 7.14. The molecule has 112 valence electrons. The minimum Gasteiger partial charge on any atom is -0.480 e. The number of ether oxygens (including phenoxy) is 1. The minimum absolute atomic E-state index is 0.410. The van der Waals surface area contributed by atoms with Crippen molar-refractivity contribution in [3.8, 4) is 0 Å². The lowest BCUT2D eigenvalue weighted by molar-refractivity contribution is -0.146. The van der Waals surface area contributed by atoms with Gasteiger partial charge in [0.2, 0.25) is 0 Å². The van der Waals surface area contributed by atoms with E-state index < -0.39 is 11.5 Å². The normalized spacial score (nSPS) is 14.2. The molecule has 2 N–H and O–H groups in total. The molecule has 0 saturated heterocycles. The zero-order valence-electron chi connectivity index (χ0n) is 12.6. The van der Waals surface area contributed by atoms with Crippen molar-refractivity contribution in [2.45, 2.75) is 32.7 Å². The summed E-state index contributed by atoms with van der Waals surface area (Å²) in [5.41, 5.74) is -0.310. The highest BCUT2D eigenvalue weighted by Gasteiger charge is 2.39. The number of hydrogen-bond donors (Lipinski definition) is 2. The first-order chi connectivity index (χ1) is 9.53. The Morgan fingerprint density at radius 2 is 2.00 bits per heavy atom. The summed E-state index contributed by atoms with van der Waals surface area (Å²) in [4.78, 5) is 11.8. The van der Waals surface area contributed by atoms with Gasteiger partial charge in [-0.2, -0.15) is 0 Å². The molecule has 0 spiro atoms. The van der Waals surface area contributed by atoms with Crippen LogP contribution in [0.2, 0.25) is 0 Å². The average Bonchev–Trinajstić information content (AvgIpc) is 2.42. The predicted molar refractivity (Wildman–Crippen MR) is 79.7 cm³/mol. The van der Waals surface area contributed by atoms with E-state index in [1.165, 1.54) is 0 Å². The highest BCUT2D eigenvalue weighted by atomic mass is 16.5. The van der Waals surface area contributed by atoms with Crippen LogP contribution in [0.3, 0.4) is 0 Å². The van der Waals surface area contributed by atoms with Crippen LogP contribution in [0, 0.1) is 5.92 Å². The van der Waals surface area contributed by atoms with E-state index in [2.05, 4.69) is 19.2 Å². The Morgan fingerprint density at radius 3 is 2.50 bits per heavy atom. The Bertz CT molecular complexity index is 405. The standard InChI is InChI=1S/C16H25NO3/c1-4-17-16(15(18)19,10-11-20-12-13(2)3)14-8-6-5-7-9-14/h5-9,13,17H,4,10-12H2,1-3H3,(H,18,19). The zero-order valence-corrected chi connectivity index (χ0v) is 12.6. The molecule has 0 aromatic heterocycles. The fraction of sp³-hybridized carbons (Fsp3) is 0.562. The molecule has 4 nitrogen and oxygen atoms in total. The summed E-state index contributed by atoms with van der Waals surface area (Å²) < 4.78 is 5.57. The van der Waals surface area contributed by atoms with Crippen LogP contribution in [-0.2, 0) is 15.1 Å². The summed E-state index contributed by atoms with van der Waals surface area (Å²) in [5, 5.41) is 12.8. The van der Waals surface area contributed by atoms with Gasteiger partial charge in [-0.15, -0.1) is 0 Å². The molecule has 1 atom stereocenters. The third kappa shape index (κ3) is 4.32. The van der Waals surface area contributed by atoms with Crippen molar-refractivity contribution in [3.63, 3.8) is 0 Å². The second kappa shape index (κ2) is 8.02. The quantitative estimate of drug-likeness (QED) is 0.682. The van der Waals surface area contributed by atoms with Gasteiger partial charge >= 0.3 is 5.97 Å². The SMILES string of the molecule is CCNC(CCOCC(C)C)(C(=O)O)c1ccccc1. The maximum Gasteiger partial charge on any atom is 0.328 e. The summed E-state index contributed by atoms with van der Waals surface area (Å²) in [7, 11) is 0. The van der Waals surface area contributed by atoms with E-state index in [1.807, 2.05) is 37.3 Å². The van der Waals surface area contributed by atoms with E-state index in [1.54, 1.807) is 0 Å². The van der Waals surface area contributed by atoms with E-state index in [4.69, 9.17) is 4.74 Å². The number of aliphatic carboxylic acids is 1. The monoisotopic (exact) mass is 279 g/mol. The molecule has 0 radical (unpaired) electrons. The van der Waals surface area contributed by atoms with Crippen molar-refractivity contribution >= 4 is 5.97 Å². The molecule has 4 heteroatoms. The molecule has 1 aromatic rings. The number of nitrogens with one attached hydrogen (secondary N) is 1. The summed E-state index contributed by atoms with van der Waals surface area (Å²) in [6.07, 6.45) is 0.410. The number of likely N-dealkylation sites (N-methyl/N-ethyl adjacent to an activating group) is 1. The number of rotatable bonds is 9. The van der Waals surface area contributed by atoms with Crippen LogP contribution < -0.4 is 5.32 Å². The van der Waals surface area contributed by atoms with Crippen LogP contribution in [-0.4, -0.2) is 30.8 Å². The van der Waals surface area contributed by atoms with Crippen molar-refractivity contribution in [1.82, 2.24) is 5.32 Å². The molecule has 20 heavy (non-hydrogen) atoms.